The summed E-state index contributed by atoms with van der Waals surface area (Å²) in [5, 5.41) is 13.7. The molecule has 0 amide bonds. The molecular formula is C17H16Cl3NO3. The summed E-state index contributed by atoms with van der Waals surface area (Å²) in [4.78, 5) is 11.2. The molecular weight excluding hydrogens is 373 g/mol. The van der Waals surface area contributed by atoms with E-state index in [1.165, 1.54) is 6.07 Å². The molecule has 0 bridgehead atoms. The third-order valence-corrected chi connectivity index (χ3v) is 3.87. The summed E-state index contributed by atoms with van der Waals surface area (Å²) in [6, 6.07) is 9.81. The zero-order valence-electron chi connectivity index (χ0n) is 12.7. The predicted molar refractivity (Wildman–Crippen MR) is 98.1 cm³/mol. The molecule has 0 aliphatic carbocycles. The van der Waals surface area contributed by atoms with Gasteiger partial charge in [0.1, 0.15) is 5.75 Å². The van der Waals surface area contributed by atoms with Gasteiger partial charge in [-0.25, -0.2) is 4.79 Å². The van der Waals surface area contributed by atoms with Gasteiger partial charge in [-0.1, -0.05) is 34.8 Å². The maximum Gasteiger partial charge on any atom is 0.337 e. The lowest BCUT2D eigenvalue weighted by atomic mass is 10.1. The van der Waals surface area contributed by atoms with Crippen LogP contribution in [0.2, 0.25) is 15.1 Å². The third-order valence-electron chi connectivity index (χ3n) is 3.20. The van der Waals surface area contributed by atoms with Crippen LogP contribution in [0.1, 0.15) is 23.2 Å². The second kappa shape index (κ2) is 9.02. The number of halogens is 3. The zero-order chi connectivity index (χ0) is 17.5. The molecule has 0 spiro atoms. The van der Waals surface area contributed by atoms with Gasteiger partial charge in [-0.05, 0) is 49.2 Å². The lowest BCUT2D eigenvalue weighted by Crippen LogP contribution is -2.09. The second-order valence-electron chi connectivity index (χ2n) is 5.08. The molecule has 2 aromatic rings. The number of ether oxygens (including phenoxy) is 1. The molecule has 0 unspecified atom stereocenters. The molecule has 2 rings (SSSR count). The Balaban J connectivity index is 1.75. The average Bonchev–Trinajstić information content (AvgIpc) is 2.50. The molecule has 0 saturated heterocycles. The van der Waals surface area contributed by atoms with Crippen LogP contribution in [0.4, 0.5) is 5.69 Å². The van der Waals surface area contributed by atoms with Crippen molar-refractivity contribution < 1.29 is 14.6 Å². The second-order valence-corrected chi connectivity index (χ2v) is 6.39. The Bertz CT molecular complexity index is 702. The molecule has 2 aromatic carbocycles. The minimum absolute atomic E-state index is 0.160. The highest BCUT2D eigenvalue weighted by Gasteiger charge is 2.10. The van der Waals surface area contributed by atoms with Crippen molar-refractivity contribution >= 4 is 46.5 Å². The highest BCUT2D eigenvalue weighted by molar-refractivity contribution is 6.34. The average molecular weight is 389 g/mol. The molecule has 2 N–H and O–H groups in total. The van der Waals surface area contributed by atoms with E-state index in [1.807, 2.05) is 0 Å². The molecule has 0 atom stereocenters. The van der Waals surface area contributed by atoms with Gasteiger partial charge in [0.2, 0.25) is 0 Å². The Hall–Kier alpha value is -1.62. The minimum Gasteiger partial charge on any atom is -0.493 e. The van der Waals surface area contributed by atoms with Crippen molar-refractivity contribution in [3.8, 4) is 5.75 Å². The summed E-state index contributed by atoms with van der Waals surface area (Å²) in [6.07, 6.45) is 1.61. The maximum atomic E-state index is 11.2. The van der Waals surface area contributed by atoms with Crippen LogP contribution in [0, 0.1) is 0 Å². The van der Waals surface area contributed by atoms with Crippen molar-refractivity contribution in [2.24, 2.45) is 0 Å². The summed E-state index contributed by atoms with van der Waals surface area (Å²) in [7, 11) is 0. The normalized spacial score (nSPS) is 10.5. The largest absolute Gasteiger partial charge is 0.493 e. The summed E-state index contributed by atoms with van der Waals surface area (Å²) in [6.45, 7) is 1.15. The highest BCUT2D eigenvalue weighted by Crippen LogP contribution is 2.24. The van der Waals surface area contributed by atoms with E-state index in [4.69, 9.17) is 44.6 Å². The summed E-state index contributed by atoms with van der Waals surface area (Å²) in [5.41, 5.74) is 0.710. The van der Waals surface area contributed by atoms with Gasteiger partial charge in [-0.15, -0.1) is 0 Å². The number of hydrogen-bond donors (Lipinski definition) is 2. The van der Waals surface area contributed by atoms with E-state index in [2.05, 4.69) is 5.32 Å². The summed E-state index contributed by atoms with van der Waals surface area (Å²) in [5.74, 6) is -0.382. The van der Waals surface area contributed by atoms with Crippen LogP contribution in [0.3, 0.4) is 0 Å². The lowest BCUT2D eigenvalue weighted by molar-refractivity contribution is 0.0698. The molecule has 0 aromatic heterocycles. The molecule has 0 heterocycles. The first-order valence-electron chi connectivity index (χ1n) is 7.31. The van der Waals surface area contributed by atoms with Gasteiger partial charge in [0, 0.05) is 27.3 Å². The number of anilines is 1. The van der Waals surface area contributed by atoms with Crippen LogP contribution in [-0.4, -0.2) is 24.2 Å². The van der Waals surface area contributed by atoms with Crippen LogP contribution in [0.25, 0.3) is 0 Å². The molecule has 7 heteroatoms. The van der Waals surface area contributed by atoms with E-state index < -0.39 is 5.97 Å². The van der Waals surface area contributed by atoms with E-state index in [1.54, 1.807) is 30.3 Å². The fourth-order valence-corrected chi connectivity index (χ4v) is 2.78. The molecule has 128 valence electrons. The number of unbranched alkanes of at least 4 members (excludes halogenated alkanes) is 1. The molecule has 4 nitrogen and oxygen atoms in total. The van der Waals surface area contributed by atoms with Crippen LogP contribution < -0.4 is 10.1 Å². The molecule has 0 aliphatic rings. The number of benzene rings is 2. The van der Waals surface area contributed by atoms with Crippen molar-refractivity contribution in [2.75, 3.05) is 18.5 Å². The van der Waals surface area contributed by atoms with Gasteiger partial charge >= 0.3 is 5.97 Å². The van der Waals surface area contributed by atoms with E-state index in [-0.39, 0.29) is 5.56 Å². The standard InChI is InChI=1S/C17H16Cl3NO3/c18-11-3-4-16(15(10-11)17(22)23)21-5-1-2-6-24-14-8-12(19)7-13(20)9-14/h3-4,7-10,21H,1-2,5-6H2,(H,22,23). The molecule has 0 aliphatic heterocycles. The quantitative estimate of drug-likeness (QED) is 0.577. The van der Waals surface area contributed by atoms with Crippen LogP contribution in [0.15, 0.2) is 36.4 Å². The van der Waals surface area contributed by atoms with Gasteiger partial charge < -0.3 is 15.2 Å². The highest BCUT2D eigenvalue weighted by atomic mass is 35.5. The first-order valence-corrected chi connectivity index (χ1v) is 8.45. The van der Waals surface area contributed by atoms with Crippen molar-refractivity contribution in [3.05, 3.63) is 57.0 Å². The van der Waals surface area contributed by atoms with Gasteiger partial charge in [0.15, 0.2) is 0 Å². The van der Waals surface area contributed by atoms with E-state index in [0.717, 1.165) is 12.8 Å². The van der Waals surface area contributed by atoms with Crippen LogP contribution in [-0.2, 0) is 0 Å². The maximum absolute atomic E-state index is 11.2. The monoisotopic (exact) mass is 387 g/mol. The number of rotatable bonds is 8. The number of hydrogen-bond acceptors (Lipinski definition) is 3. The lowest BCUT2D eigenvalue weighted by Gasteiger charge is -2.10. The Morgan fingerprint density at radius 3 is 2.38 bits per heavy atom. The topological polar surface area (TPSA) is 58.6 Å². The fourth-order valence-electron chi connectivity index (χ4n) is 2.10. The van der Waals surface area contributed by atoms with Gasteiger partial charge in [0.05, 0.1) is 12.2 Å². The Labute approximate surface area is 155 Å². The van der Waals surface area contributed by atoms with Gasteiger partial charge in [-0.3, -0.25) is 0 Å². The minimum atomic E-state index is -1.01. The molecule has 24 heavy (non-hydrogen) atoms. The fraction of sp³-hybridized carbons (Fsp3) is 0.235. The number of carbonyl (C=O) groups is 1. The first kappa shape index (κ1) is 18.7. The first-order chi connectivity index (χ1) is 11.5. The number of carboxylic acids is 1. The Kier molecular flexibility index (Phi) is 7.03. The predicted octanol–water partition coefficient (Wildman–Crippen LogP) is 5.62. The van der Waals surface area contributed by atoms with Gasteiger partial charge in [0.25, 0.3) is 0 Å². The summed E-state index contributed by atoms with van der Waals surface area (Å²) >= 11 is 17.6. The molecule has 0 saturated carbocycles. The Morgan fingerprint density at radius 2 is 1.71 bits per heavy atom. The Morgan fingerprint density at radius 1 is 1.00 bits per heavy atom. The van der Waals surface area contributed by atoms with E-state index in [0.29, 0.717) is 39.7 Å². The number of aromatic carboxylic acids is 1. The zero-order valence-corrected chi connectivity index (χ0v) is 15.0. The van der Waals surface area contributed by atoms with Crippen molar-refractivity contribution in [1.82, 2.24) is 0 Å². The van der Waals surface area contributed by atoms with Crippen molar-refractivity contribution in [3.63, 3.8) is 0 Å². The summed E-state index contributed by atoms with van der Waals surface area (Å²) < 4.78 is 5.59. The third kappa shape index (κ3) is 5.78. The van der Waals surface area contributed by atoms with Gasteiger partial charge in [-0.2, -0.15) is 0 Å². The molecule has 0 fully saturated rings. The van der Waals surface area contributed by atoms with E-state index in [9.17, 15) is 4.79 Å². The van der Waals surface area contributed by atoms with Crippen LogP contribution >= 0.6 is 34.8 Å². The van der Waals surface area contributed by atoms with E-state index >= 15 is 0 Å². The number of carboxylic acid groups (broad SMARTS) is 1. The van der Waals surface area contributed by atoms with Crippen molar-refractivity contribution in [2.45, 2.75) is 12.8 Å². The van der Waals surface area contributed by atoms with Crippen LogP contribution in [0.5, 0.6) is 5.75 Å². The molecule has 0 radical (unpaired) electrons. The SMILES string of the molecule is O=C(O)c1cc(Cl)ccc1NCCCCOc1cc(Cl)cc(Cl)c1. The van der Waals surface area contributed by atoms with Crippen molar-refractivity contribution in [1.29, 1.82) is 0 Å². The smallest absolute Gasteiger partial charge is 0.337 e. The number of nitrogens with one attached hydrogen (secondary N) is 1.